The zero-order valence-corrected chi connectivity index (χ0v) is 21.6. The third-order valence-electron chi connectivity index (χ3n) is 7.24. The van der Waals surface area contributed by atoms with Crippen molar-refractivity contribution in [1.29, 1.82) is 0 Å². The van der Waals surface area contributed by atoms with Gasteiger partial charge in [-0.3, -0.25) is 14.5 Å². The van der Waals surface area contributed by atoms with Crippen molar-refractivity contribution >= 4 is 11.8 Å². The lowest BCUT2D eigenvalue weighted by Gasteiger charge is -2.34. The third kappa shape index (κ3) is 6.34. The lowest BCUT2D eigenvalue weighted by atomic mass is 9.94. The van der Waals surface area contributed by atoms with Crippen molar-refractivity contribution in [2.75, 3.05) is 47.4 Å². The molecule has 36 heavy (non-hydrogen) atoms. The van der Waals surface area contributed by atoms with Crippen LogP contribution in [0.3, 0.4) is 0 Å². The summed E-state index contributed by atoms with van der Waals surface area (Å²) in [5.74, 6) is 2.33. The van der Waals surface area contributed by atoms with Crippen LogP contribution in [0.5, 0.6) is 11.5 Å². The molecule has 2 aromatic rings. The summed E-state index contributed by atoms with van der Waals surface area (Å²) in [4.78, 5) is 36.0. The van der Waals surface area contributed by atoms with Crippen molar-refractivity contribution in [2.24, 2.45) is 0 Å². The molecule has 10 nitrogen and oxygen atoms in total. The number of aromatic nitrogens is 2. The van der Waals surface area contributed by atoms with Crippen molar-refractivity contribution in [3.63, 3.8) is 0 Å². The second kappa shape index (κ2) is 12.2. The van der Waals surface area contributed by atoms with Crippen molar-refractivity contribution < 1.29 is 23.6 Å². The Morgan fingerprint density at radius 1 is 1.08 bits per heavy atom. The molecule has 2 heterocycles. The van der Waals surface area contributed by atoms with Crippen molar-refractivity contribution in [3.05, 3.63) is 35.5 Å². The van der Waals surface area contributed by atoms with Crippen LogP contribution >= 0.6 is 0 Å². The van der Waals surface area contributed by atoms with Gasteiger partial charge in [-0.15, -0.1) is 0 Å². The largest absolute Gasteiger partial charge is 0.497 e. The monoisotopic (exact) mass is 499 g/mol. The van der Waals surface area contributed by atoms with Gasteiger partial charge in [0.15, 0.2) is 5.82 Å². The molecule has 2 fully saturated rings. The standard InChI is InChI=1S/C26H37N5O5/c1-29(19-7-5-4-6-8-19)25(32)12-11-24-27-23(28-36-24)18-30-13-15-31(16-14-30)26(33)21-10-9-20(34-2)17-22(21)35-3/h9-10,17,19H,4-8,11-16,18H2,1-3H3. The number of ether oxygens (including phenoxy) is 2. The molecule has 0 unspecified atom stereocenters. The Bertz CT molecular complexity index is 1030. The first kappa shape index (κ1) is 25.9. The maximum atomic E-state index is 13.0. The molecule has 0 N–H and O–H groups in total. The quantitative estimate of drug-likeness (QED) is 0.519. The van der Waals surface area contributed by atoms with E-state index in [4.69, 9.17) is 14.0 Å². The number of hydrogen-bond donors (Lipinski definition) is 0. The van der Waals surface area contributed by atoms with Gasteiger partial charge in [-0.2, -0.15) is 4.98 Å². The van der Waals surface area contributed by atoms with Gasteiger partial charge < -0.3 is 23.8 Å². The first-order valence-corrected chi connectivity index (χ1v) is 12.8. The second-order valence-corrected chi connectivity index (χ2v) is 9.54. The highest BCUT2D eigenvalue weighted by Crippen LogP contribution is 2.26. The number of piperazine rings is 1. The van der Waals surface area contributed by atoms with E-state index in [1.807, 2.05) is 16.8 Å². The van der Waals surface area contributed by atoms with Crippen molar-refractivity contribution in [3.8, 4) is 11.5 Å². The van der Waals surface area contributed by atoms with Crippen LogP contribution in [-0.4, -0.2) is 90.1 Å². The molecule has 0 spiro atoms. The number of benzene rings is 1. The second-order valence-electron chi connectivity index (χ2n) is 9.54. The molecule has 1 aliphatic carbocycles. The number of carbonyl (C=O) groups excluding carboxylic acids is 2. The average Bonchev–Trinajstić information content (AvgIpc) is 3.38. The molecule has 1 saturated heterocycles. The van der Waals surface area contributed by atoms with Crippen molar-refractivity contribution in [2.45, 2.75) is 57.5 Å². The van der Waals surface area contributed by atoms with Gasteiger partial charge in [-0.1, -0.05) is 24.4 Å². The first-order valence-electron chi connectivity index (χ1n) is 12.8. The third-order valence-corrected chi connectivity index (χ3v) is 7.24. The summed E-state index contributed by atoms with van der Waals surface area (Å²) in [6.45, 7) is 3.16. The fourth-order valence-electron chi connectivity index (χ4n) is 4.97. The minimum atomic E-state index is -0.0566. The molecule has 4 rings (SSSR count). The van der Waals surface area contributed by atoms with Gasteiger partial charge in [0, 0.05) is 58.2 Å². The number of carbonyl (C=O) groups is 2. The minimum Gasteiger partial charge on any atom is -0.497 e. The van der Waals surface area contributed by atoms with E-state index in [2.05, 4.69) is 15.0 Å². The molecule has 2 aliphatic rings. The van der Waals surface area contributed by atoms with Crippen LogP contribution in [0.1, 0.15) is 60.6 Å². The van der Waals surface area contributed by atoms with Gasteiger partial charge in [0.25, 0.3) is 5.91 Å². The highest BCUT2D eigenvalue weighted by molar-refractivity contribution is 5.97. The molecular weight excluding hydrogens is 462 g/mol. The Morgan fingerprint density at radius 2 is 1.83 bits per heavy atom. The van der Waals surface area contributed by atoms with Gasteiger partial charge in [-0.25, -0.2) is 0 Å². The Labute approximate surface area is 212 Å². The lowest BCUT2D eigenvalue weighted by molar-refractivity contribution is -0.132. The van der Waals surface area contributed by atoms with Crippen LogP contribution in [0.4, 0.5) is 0 Å². The summed E-state index contributed by atoms with van der Waals surface area (Å²) in [6, 6.07) is 5.59. The fourth-order valence-corrected chi connectivity index (χ4v) is 4.97. The molecule has 0 radical (unpaired) electrons. The van der Waals surface area contributed by atoms with Gasteiger partial charge in [0.05, 0.1) is 26.3 Å². The summed E-state index contributed by atoms with van der Waals surface area (Å²) in [5, 5.41) is 4.10. The van der Waals surface area contributed by atoms with Crippen LogP contribution in [0.25, 0.3) is 0 Å². The van der Waals surface area contributed by atoms with Gasteiger partial charge >= 0.3 is 0 Å². The Morgan fingerprint density at radius 3 is 2.53 bits per heavy atom. The Hall–Kier alpha value is -3.14. The molecule has 1 saturated carbocycles. The van der Waals surface area contributed by atoms with E-state index in [1.54, 1.807) is 32.4 Å². The minimum absolute atomic E-state index is 0.0566. The Kier molecular flexibility index (Phi) is 8.79. The summed E-state index contributed by atoms with van der Waals surface area (Å²) < 4.78 is 16.0. The zero-order valence-electron chi connectivity index (χ0n) is 21.6. The van der Waals surface area contributed by atoms with Gasteiger partial charge in [-0.05, 0) is 25.0 Å². The van der Waals surface area contributed by atoms with Gasteiger partial charge in [0.2, 0.25) is 11.8 Å². The van der Waals surface area contributed by atoms with E-state index in [0.717, 1.165) is 12.8 Å². The number of nitrogens with zero attached hydrogens (tertiary/aromatic N) is 5. The topological polar surface area (TPSA) is 101 Å². The number of methoxy groups -OCH3 is 2. The molecule has 196 valence electrons. The van der Waals surface area contributed by atoms with Crippen LogP contribution in [-0.2, 0) is 17.8 Å². The predicted octanol–water partition coefficient (Wildman–Crippen LogP) is 2.77. The maximum Gasteiger partial charge on any atom is 0.257 e. The fraction of sp³-hybridized carbons (Fsp3) is 0.615. The number of hydrogen-bond acceptors (Lipinski definition) is 8. The summed E-state index contributed by atoms with van der Waals surface area (Å²) in [7, 11) is 5.04. The van der Waals surface area contributed by atoms with E-state index in [-0.39, 0.29) is 11.8 Å². The molecule has 1 aromatic carbocycles. The van der Waals surface area contributed by atoms with E-state index in [9.17, 15) is 9.59 Å². The smallest absolute Gasteiger partial charge is 0.257 e. The summed E-state index contributed by atoms with van der Waals surface area (Å²) >= 11 is 0. The molecule has 1 aliphatic heterocycles. The number of aryl methyl sites for hydroxylation is 1. The van der Waals surface area contributed by atoms with E-state index < -0.39 is 0 Å². The molecule has 10 heteroatoms. The molecule has 0 atom stereocenters. The normalized spacial score (nSPS) is 17.1. The Balaban J connectivity index is 1.23. The number of rotatable bonds is 9. The van der Waals surface area contributed by atoms with E-state index >= 15 is 0 Å². The summed E-state index contributed by atoms with van der Waals surface area (Å²) in [6.07, 6.45) is 6.70. The zero-order chi connectivity index (χ0) is 25.5. The van der Waals surface area contributed by atoms with E-state index in [1.165, 1.54) is 19.3 Å². The summed E-state index contributed by atoms with van der Waals surface area (Å²) in [5.41, 5.74) is 0.526. The van der Waals surface area contributed by atoms with Crippen LogP contribution < -0.4 is 9.47 Å². The first-order chi connectivity index (χ1) is 17.5. The van der Waals surface area contributed by atoms with Gasteiger partial charge in [0.1, 0.15) is 11.5 Å². The average molecular weight is 500 g/mol. The SMILES string of the molecule is COc1ccc(C(=O)N2CCN(Cc3noc(CCC(=O)N(C)C4CCCCC4)n3)CC2)c(OC)c1. The van der Waals surface area contributed by atoms with Crippen LogP contribution in [0.2, 0.25) is 0 Å². The predicted molar refractivity (Wildman–Crippen MR) is 133 cm³/mol. The molecule has 0 bridgehead atoms. The highest BCUT2D eigenvalue weighted by Gasteiger charge is 2.26. The van der Waals surface area contributed by atoms with Crippen LogP contribution in [0.15, 0.2) is 22.7 Å². The lowest BCUT2D eigenvalue weighted by Crippen LogP contribution is -2.48. The molecular formula is C26H37N5O5. The molecule has 2 amide bonds. The maximum absolute atomic E-state index is 13.0. The van der Waals surface area contributed by atoms with Crippen LogP contribution in [0, 0.1) is 0 Å². The molecule has 1 aromatic heterocycles. The highest BCUT2D eigenvalue weighted by atomic mass is 16.5. The van der Waals surface area contributed by atoms with Crippen molar-refractivity contribution in [1.82, 2.24) is 24.8 Å². The number of amides is 2. The van der Waals surface area contributed by atoms with E-state index in [0.29, 0.717) is 80.4 Å².